The zero-order valence-electron chi connectivity index (χ0n) is 22.2. The molecule has 0 bridgehead atoms. The van der Waals surface area contributed by atoms with Crippen molar-refractivity contribution in [1.29, 1.82) is 0 Å². The molecule has 3 aromatic rings. The number of rotatable bonds is 12. The number of sulfonamides is 1. The molecule has 3 rings (SSSR count). The predicted octanol–water partition coefficient (Wildman–Crippen LogP) is 5.25. The van der Waals surface area contributed by atoms with Crippen LogP contribution in [0.1, 0.15) is 32.8 Å². The standard InChI is InChI=1S/C29H33ClFN3O4S/c1-4-27(29(36)32-18-21(2)3)33(19-22-10-12-23(30)13-11-22)28(35)20-34(25-16-14-24(31)15-17-25)39(37,38)26-8-6-5-7-9-26/h5-17,21,27H,4,18-20H2,1-3H3,(H,32,36)/t27-/m0/s1. The molecule has 2 amide bonds. The van der Waals surface area contributed by atoms with E-state index in [1.165, 1.54) is 29.2 Å². The fourth-order valence-electron chi connectivity index (χ4n) is 3.98. The summed E-state index contributed by atoms with van der Waals surface area (Å²) >= 11 is 6.03. The average molecular weight is 574 g/mol. The van der Waals surface area contributed by atoms with Gasteiger partial charge in [-0.05, 0) is 66.4 Å². The number of nitrogens with one attached hydrogen (secondary N) is 1. The van der Waals surface area contributed by atoms with E-state index in [2.05, 4.69) is 5.32 Å². The fourth-order valence-corrected chi connectivity index (χ4v) is 5.55. The number of halogens is 2. The van der Waals surface area contributed by atoms with Crippen molar-refractivity contribution < 1.29 is 22.4 Å². The molecular formula is C29H33ClFN3O4S. The summed E-state index contributed by atoms with van der Waals surface area (Å²) in [6.07, 6.45) is 0.311. The molecule has 0 saturated heterocycles. The maximum absolute atomic E-state index is 13.9. The van der Waals surface area contributed by atoms with Crippen LogP contribution in [-0.2, 0) is 26.2 Å². The van der Waals surface area contributed by atoms with Gasteiger partial charge in [-0.25, -0.2) is 12.8 Å². The smallest absolute Gasteiger partial charge is 0.264 e. The van der Waals surface area contributed by atoms with Crippen LogP contribution in [0, 0.1) is 11.7 Å². The summed E-state index contributed by atoms with van der Waals surface area (Å²) in [5, 5.41) is 3.41. The van der Waals surface area contributed by atoms with E-state index in [9.17, 15) is 22.4 Å². The minimum Gasteiger partial charge on any atom is -0.354 e. The first-order valence-electron chi connectivity index (χ1n) is 12.7. The van der Waals surface area contributed by atoms with Crippen LogP contribution in [0.2, 0.25) is 5.02 Å². The molecule has 1 atom stereocenters. The lowest BCUT2D eigenvalue weighted by atomic mass is 10.1. The Morgan fingerprint density at radius 2 is 1.56 bits per heavy atom. The molecule has 0 radical (unpaired) electrons. The second-order valence-electron chi connectivity index (χ2n) is 9.51. The Morgan fingerprint density at radius 3 is 2.13 bits per heavy atom. The fraction of sp³-hybridized carbons (Fsp3) is 0.310. The number of hydrogen-bond donors (Lipinski definition) is 1. The molecule has 0 aliphatic rings. The lowest BCUT2D eigenvalue weighted by molar-refractivity contribution is -0.140. The van der Waals surface area contributed by atoms with E-state index >= 15 is 0 Å². The summed E-state index contributed by atoms with van der Waals surface area (Å²) in [6.45, 7) is 5.62. The molecule has 3 aromatic carbocycles. The van der Waals surface area contributed by atoms with Crippen molar-refractivity contribution in [3.63, 3.8) is 0 Å². The number of carbonyl (C=O) groups excluding carboxylic acids is 2. The highest BCUT2D eigenvalue weighted by molar-refractivity contribution is 7.92. The van der Waals surface area contributed by atoms with Crippen LogP contribution in [-0.4, -0.2) is 44.3 Å². The molecule has 0 unspecified atom stereocenters. The molecule has 0 saturated carbocycles. The van der Waals surface area contributed by atoms with Crippen LogP contribution in [0.5, 0.6) is 0 Å². The van der Waals surface area contributed by atoms with Gasteiger partial charge in [0.2, 0.25) is 11.8 Å². The van der Waals surface area contributed by atoms with E-state index in [0.29, 0.717) is 18.0 Å². The third-order valence-electron chi connectivity index (χ3n) is 6.06. The van der Waals surface area contributed by atoms with Crippen LogP contribution in [0.4, 0.5) is 10.1 Å². The normalized spacial score (nSPS) is 12.2. The highest BCUT2D eigenvalue weighted by atomic mass is 35.5. The van der Waals surface area contributed by atoms with Gasteiger partial charge in [-0.15, -0.1) is 0 Å². The zero-order valence-corrected chi connectivity index (χ0v) is 23.8. The van der Waals surface area contributed by atoms with Crippen molar-refractivity contribution in [2.24, 2.45) is 5.92 Å². The van der Waals surface area contributed by atoms with Gasteiger partial charge in [-0.3, -0.25) is 13.9 Å². The molecule has 0 spiro atoms. The van der Waals surface area contributed by atoms with Crippen LogP contribution in [0.15, 0.2) is 83.8 Å². The Kier molecular flexibility index (Phi) is 10.5. The summed E-state index contributed by atoms with van der Waals surface area (Å²) in [7, 11) is -4.20. The van der Waals surface area contributed by atoms with Gasteiger partial charge < -0.3 is 10.2 Å². The first kappa shape index (κ1) is 30.1. The number of nitrogens with zero attached hydrogens (tertiary/aromatic N) is 2. The van der Waals surface area contributed by atoms with E-state index in [1.54, 1.807) is 49.4 Å². The monoisotopic (exact) mass is 573 g/mol. The van der Waals surface area contributed by atoms with Crippen LogP contribution in [0.3, 0.4) is 0 Å². The molecule has 10 heteroatoms. The van der Waals surface area contributed by atoms with Crippen molar-refractivity contribution in [1.82, 2.24) is 10.2 Å². The average Bonchev–Trinajstić information content (AvgIpc) is 2.92. The minimum absolute atomic E-state index is 0.0203. The second-order valence-corrected chi connectivity index (χ2v) is 11.8. The first-order chi connectivity index (χ1) is 18.5. The van der Waals surface area contributed by atoms with Crippen molar-refractivity contribution in [3.8, 4) is 0 Å². The molecule has 7 nitrogen and oxygen atoms in total. The molecule has 0 aromatic heterocycles. The molecule has 0 heterocycles. The van der Waals surface area contributed by atoms with Gasteiger partial charge in [0.15, 0.2) is 0 Å². The van der Waals surface area contributed by atoms with E-state index in [0.717, 1.165) is 22.0 Å². The lowest BCUT2D eigenvalue weighted by Crippen LogP contribution is -2.52. The van der Waals surface area contributed by atoms with Crippen molar-refractivity contribution in [3.05, 3.63) is 95.3 Å². The van der Waals surface area contributed by atoms with Gasteiger partial charge in [0, 0.05) is 18.1 Å². The van der Waals surface area contributed by atoms with Gasteiger partial charge >= 0.3 is 0 Å². The maximum atomic E-state index is 13.9. The number of benzene rings is 3. The van der Waals surface area contributed by atoms with Gasteiger partial charge in [0.25, 0.3) is 10.0 Å². The Balaban J connectivity index is 2.02. The van der Waals surface area contributed by atoms with Gasteiger partial charge in [-0.2, -0.15) is 0 Å². The summed E-state index contributed by atoms with van der Waals surface area (Å²) in [4.78, 5) is 28.5. The maximum Gasteiger partial charge on any atom is 0.264 e. The Bertz CT molecular complexity index is 1350. The third-order valence-corrected chi connectivity index (χ3v) is 8.10. The number of anilines is 1. The largest absolute Gasteiger partial charge is 0.354 e. The molecular weight excluding hydrogens is 541 g/mol. The first-order valence-corrected chi connectivity index (χ1v) is 14.5. The molecule has 0 fully saturated rings. The summed E-state index contributed by atoms with van der Waals surface area (Å²) in [6, 6.07) is 18.6. The predicted molar refractivity (Wildman–Crippen MR) is 151 cm³/mol. The molecule has 39 heavy (non-hydrogen) atoms. The summed E-state index contributed by atoms with van der Waals surface area (Å²) < 4.78 is 42.0. The van der Waals surface area contributed by atoms with Crippen molar-refractivity contribution in [2.75, 3.05) is 17.4 Å². The number of carbonyl (C=O) groups is 2. The Hall–Kier alpha value is -3.43. The quantitative estimate of drug-likeness (QED) is 0.320. The highest BCUT2D eigenvalue weighted by Gasteiger charge is 2.33. The Labute approximate surface area is 234 Å². The Morgan fingerprint density at radius 1 is 0.949 bits per heavy atom. The van der Waals surface area contributed by atoms with Crippen LogP contribution >= 0.6 is 11.6 Å². The van der Waals surface area contributed by atoms with Gasteiger partial charge in [0.05, 0.1) is 10.6 Å². The van der Waals surface area contributed by atoms with E-state index in [-0.39, 0.29) is 29.0 Å². The summed E-state index contributed by atoms with van der Waals surface area (Å²) in [5.41, 5.74) is 0.847. The third kappa shape index (κ3) is 8.03. The topological polar surface area (TPSA) is 86.8 Å². The number of amides is 2. The van der Waals surface area contributed by atoms with E-state index < -0.39 is 34.3 Å². The van der Waals surface area contributed by atoms with Crippen molar-refractivity contribution >= 4 is 39.1 Å². The van der Waals surface area contributed by atoms with Crippen LogP contribution in [0.25, 0.3) is 0 Å². The van der Waals surface area contributed by atoms with Crippen LogP contribution < -0.4 is 9.62 Å². The lowest BCUT2D eigenvalue weighted by Gasteiger charge is -2.33. The van der Waals surface area contributed by atoms with Gasteiger partial charge in [-0.1, -0.05) is 62.7 Å². The number of hydrogen-bond acceptors (Lipinski definition) is 4. The molecule has 0 aliphatic heterocycles. The van der Waals surface area contributed by atoms with E-state index in [1.807, 2.05) is 13.8 Å². The van der Waals surface area contributed by atoms with E-state index in [4.69, 9.17) is 11.6 Å². The molecule has 0 aliphatic carbocycles. The zero-order chi connectivity index (χ0) is 28.6. The molecule has 208 valence electrons. The minimum atomic E-state index is -4.20. The van der Waals surface area contributed by atoms with Crippen molar-refractivity contribution in [2.45, 2.75) is 44.7 Å². The summed E-state index contributed by atoms with van der Waals surface area (Å²) in [5.74, 6) is -1.25. The molecule has 1 N–H and O–H groups in total. The van der Waals surface area contributed by atoms with Gasteiger partial charge in [0.1, 0.15) is 18.4 Å². The second kappa shape index (κ2) is 13.6. The SMILES string of the molecule is CC[C@@H](C(=O)NCC(C)C)N(Cc1ccc(Cl)cc1)C(=O)CN(c1ccc(F)cc1)S(=O)(=O)c1ccccc1. The highest BCUT2D eigenvalue weighted by Crippen LogP contribution is 2.25.